The summed E-state index contributed by atoms with van der Waals surface area (Å²) in [5, 5.41) is 0. The van der Waals surface area contributed by atoms with Crippen molar-refractivity contribution in [3.63, 3.8) is 0 Å². The van der Waals surface area contributed by atoms with Gasteiger partial charge in [0.05, 0.1) is 12.7 Å². The molecule has 1 rings (SSSR count). The molecule has 3 unspecified atom stereocenters. The standard InChI is InChI=1S/C8H13F4O3P/c1-5-3-13-16(15-6(5)2)14-4-8(11,12)7(9)10/h5-7H,3-4H2,1-2H3. The van der Waals surface area contributed by atoms with Crippen molar-refractivity contribution >= 4 is 8.60 Å². The molecule has 8 heteroatoms. The highest BCUT2D eigenvalue weighted by Crippen LogP contribution is 2.47. The highest BCUT2D eigenvalue weighted by molar-refractivity contribution is 7.41. The SMILES string of the molecule is CC1COP(OCC(F)(F)C(F)F)OC1C. The van der Waals surface area contributed by atoms with E-state index in [1.807, 2.05) is 6.92 Å². The lowest BCUT2D eigenvalue weighted by molar-refractivity contribution is -0.152. The Morgan fingerprint density at radius 2 is 2.06 bits per heavy atom. The van der Waals surface area contributed by atoms with Gasteiger partial charge in [-0.05, 0) is 6.92 Å². The van der Waals surface area contributed by atoms with E-state index in [9.17, 15) is 17.6 Å². The van der Waals surface area contributed by atoms with Gasteiger partial charge < -0.3 is 13.6 Å². The van der Waals surface area contributed by atoms with E-state index in [1.165, 1.54) is 0 Å². The minimum atomic E-state index is -4.17. The van der Waals surface area contributed by atoms with Gasteiger partial charge in [0, 0.05) is 5.92 Å². The molecule has 1 aliphatic heterocycles. The first-order chi connectivity index (χ1) is 7.33. The summed E-state index contributed by atoms with van der Waals surface area (Å²) in [5.74, 6) is -4.04. The van der Waals surface area contributed by atoms with E-state index >= 15 is 0 Å². The van der Waals surface area contributed by atoms with Gasteiger partial charge in [0.25, 0.3) is 0 Å². The van der Waals surface area contributed by atoms with E-state index in [4.69, 9.17) is 9.05 Å². The van der Waals surface area contributed by atoms with E-state index in [-0.39, 0.29) is 12.0 Å². The lowest BCUT2D eigenvalue weighted by Crippen LogP contribution is -2.33. The highest BCUT2D eigenvalue weighted by atomic mass is 31.2. The Labute approximate surface area is 92.1 Å². The fourth-order valence-electron chi connectivity index (χ4n) is 0.853. The molecule has 0 aliphatic carbocycles. The van der Waals surface area contributed by atoms with E-state index < -0.39 is 27.6 Å². The lowest BCUT2D eigenvalue weighted by Gasteiger charge is -2.31. The van der Waals surface area contributed by atoms with Crippen molar-refractivity contribution in [3.05, 3.63) is 0 Å². The molecule has 0 radical (unpaired) electrons. The van der Waals surface area contributed by atoms with Crippen molar-refractivity contribution in [2.45, 2.75) is 32.3 Å². The second kappa shape index (κ2) is 5.58. The Morgan fingerprint density at radius 3 is 2.56 bits per heavy atom. The van der Waals surface area contributed by atoms with Gasteiger partial charge in [-0.3, -0.25) is 0 Å². The monoisotopic (exact) mass is 264 g/mol. The van der Waals surface area contributed by atoms with Crippen molar-refractivity contribution < 1.29 is 31.1 Å². The van der Waals surface area contributed by atoms with Crippen LogP contribution in [0.3, 0.4) is 0 Å². The molecule has 0 bridgehead atoms. The van der Waals surface area contributed by atoms with E-state index in [1.54, 1.807) is 6.92 Å². The Balaban J connectivity index is 2.34. The van der Waals surface area contributed by atoms with Crippen LogP contribution >= 0.6 is 8.60 Å². The fourth-order valence-corrected chi connectivity index (χ4v) is 2.16. The Bertz CT molecular complexity index is 229. The van der Waals surface area contributed by atoms with Crippen LogP contribution < -0.4 is 0 Å². The number of hydrogen-bond donors (Lipinski definition) is 0. The normalized spacial score (nSPS) is 32.1. The topological polar surface area (TPSA) is 27.7 Å². The summed E-state index contributed by atoms with van der Waals surface area (Å²) in [7, 11) is -1.94. The van der Waals surface area contributed by atoms with Gasteiger partial charge in [-0.15, -0.1) is 0 Å². The molecule has 1 saturated heterocycles. The molecule has 0 aromatic rings. The molecule has 0 spiro atoms. The third kappa shape index (κ3) is 3.80. The predicted octanol–water partition coefficient (Wildman–Crippen LogP) is 3.20. The molecule has 0 amide bonds. The first-order valence-corrected chi connectivity index (χ1v) is 5.81. The van der Waals surface area contributed by atoms with Gasteiger partial charge in [0.1, 0.15) is 6.61 Å². The summed E-state index contributed by atoms with van der Waals surface area (Å²) in [4.78, 5) is 0. The van der Waals surface area contributed by atoms with Gasteiger partial charge in [0.15, 0.2) is 0 Å². The molecular weight excluding hydrogens is 251 g/mol. The van der Waals surface area contributed by atoms with Crippen LogP contribution in [0.2, 0.25) is 0 Å². The number of halogens is 4. The molecule has 1 heterocycles. The van der Waals surface area contributed by atoms with Crippen LogP contribution in [0.25, 0.3) is 0 Å². The van der Waals surface area contributed by atoms with Crippen molar-refractivity contribution in [1.29, 1.82) is 0 Å². The third-order valence-corrected chi connectivity index (χ3v) is 3.38. The first kappa shape index (κ1) is 14.1. The van der Waals surface area contributed by atoms with Crippen LogP contribution in [-0.4, -0.2) is 31.7 Å². The van der Waals surface area contributed by atoms with E-state index in [0.717, 1.165) is 0 Å². The fraction of sp³-hybridized carbons (Fsp3) is 1.00. The second-order valence-corrected chi connectivity index (χ2v) is 4.82. The molecule has 0 N–H and O–H groups in total. The molecule has 0 aromatic carbocycles. The average Bonchev–Trinajstić information content (AvgIpc) is 2.20. The van der Waals surface area contributed by atoms with Crippen LogP contribution in [-0.2, 0) is 13.6 Å². The summed E-state index contributed by atoms with van der Waals surface area (Å²) in [6.07, 6.45) is -3.94. The van der Waals surface area contributed by atoms with Crippen molar-refractivity contribution in [2.24, 2.45) is 5.92 Å². The molecule has 3 nitrogen and oxygen atoms in total. The van der Waals surface area contributed by atoms with Crippen LogP contribution in [0.1, 0.15) is 13.8 Å². The number of rotatable bonds is 4. The highest BCUT2D eigenvalue weighted by Gasteiger charge is 2.43. The van der Waals surface area contributed by atoms with Gasteiger partial charge in [0.2, 0.25) is 0 Å². The average molecular weight is 264 g/mol. The van der Waals surface area contributed by atoms with Crippen LogP contribution in [0, 0.1) is 5.92 Å². The van der Waals surface area contributed by atoms with Gasteiger partial charge in [-0.25, -0.2) is 8.78 Å². The Kier molecular flexibility index (Phi) is 4.91. The van der Waals surface area contributed by atoms with E-state index in [2.05, 4.69) is 4.52 Å². The quantitative estimate of drug-likeness (QED) is 0.576. The maximum Gasteiger partial charge on any atom is 0.333 e. The molecular formula is C8H13F4O3P. The van der Waals surface area contributed by atoms with E-state index in [0.29, 0.717) is 6.61 Å². The first-order valence-electron chi connectivity index (χ1n) is 4.71. The summed E-state index contributed by atoms with van der Waals surface area (Å²) in [6, 6.07) is 0. The molecule has 1 fully saturated rings. The van der Waals surface area contributed by atoms with Crippen molar-refractivity contribution in [3.8, 4) is 0 Å². The lowest BCUT2D eigenvalue weighted by atomic mass is 10.1. The Hall–Kier alpha value is 0.0300. The molecule has 3 atom stereocenters. The second-order valence-electron chi connectivity index (χ2n) is 3.64. The molecule has 1 aliphatic rings. The molecule has 0 saturated carbocycles. The molecule has 0 aromatic heterocycles. The number of alkyl halides is 4. The predicted molar refractivity (Wildman–Crippen MR) is 49.5 cm³/mol. The summed E-state index contributed by atoms with van der Waals surface area (Å²) in [6.45, 7) is 2.53. The van der Waals surface area contributed by atoms with Crippen LogP contribution in [0.15, 0.2) is 0 Å². The Morgan fingerprint density at radius 1 is 1.44 bits per heavy atom. The van der Waals surface area contributed by atoms with Crippen LogP contribution in [0.5, 0.6) is 0 Å². The van der Waals surface area contributed by atoms with Gasteiger partial charge in [-0.2, -0.15) is 8.78 Å². The maximum atomic E-state index is 12.5. The minimum Gasteiger partial charge on any atom is -0.312 e. The zero-order valence-electron chi connectivity index (χ0n) is 8.83. The zero-order chi connectivity index (χ0) is 12.3. The largest absolute Gasteiger partial charge is 0.333 e. The number of hydrogen-bond acceptors (Lipinski definition) is 3. The van der Waals surface area contributed by atoms with Gasteiger partial charge >= 0.3 is 21.0 Å². The molecule has 96 valence electrons. The smallest absolute Gasteiger partial charge is 0.312 e. The molecule has 16 heavy (non-hydrogen) atoms. The third-order valence-electron chi connectivity index (χ3n) is 2.18. The summed E-state index contributed by atoms with van der Waals surface area (Å²) >= 11 is 0. The minimum absolute atomic E-state index is 0.123. The maximum absolute atomic E-state index is 12.5. The zero-order valence-corrected chi connectivity index (χ0v) is 9.72. The van der Waals surface area contributed by atoms with Crippen molar-refractivity contribution in [1.82, 2.24) is 0 Å². The van der Waals surface area contributed by atoms with Crippen LogP contribution in [0.4, 0.5) is 17.6 Å². The van der Waals surface area contributed by atoms with Crippen molar-refractivity contribution in [2.75, 3.05) is 13.2 Å². The van der Waals surface area contributed by atoms with Gasteiger partial charge in [-0.1, -0.05) is 6.92 Å². The summed E-state index contributed by atoms with van der Waals surface area (Å²) in [5.41, 5.74) is 0. The summed E-state index contributed by atoms with van der Waals surface area (Å²) < 4.78 is 63.2.